The quantitative estimate of drug-likeness (QED) is 0.830. The van der Waals surface area contributed by atoms with Crippen molar-refractivity contribution in [1.29, 1.82) is 0 Å². The molecule has 0 radical (unpaired) electrons. The molecular formula is C14H22N2O2S. The molecule has 19 heavy (non-hydrogen) atoms. The molecule has 4 nitrogen and oxygen atoms in total. The van der Waals surface area contributed by atoms with Crippen LogP contribution in [0.15, 0.2) is 11.4 Å². The first-order valence-electron chi connectivity index (χ1n) is 6.72. The molecule has 0 aromatic carbocycles. The van der Waals surface area contributed by atoms with Crippen LogP contribution in [0.2, 0.25) is 0 Å². The van der Waals surface area contributed by atoms with E-state index < -0.39 is 0 Å². The molecule has 1 atom stereocenters. The zero-order valence-corrected chi connectivity index (χ0v) is 12.4. The number of likely N-dealkylation sites (N-methyl/N-ethyl adjacent to an activating group) is 1. The number of ketones is 1. The summed E-state index contributed by atoms with van der Waals surface area (Å²) >= 11 is 1.53. The second-order valence-electron chi connectivity index (χ2n) is 5.26. The van der Waals surface area contributed by atoms with Gasteiger partial charge in [-0.25, -0.2) is 0 Å². The molecule has 1 unspecified atom stereocenters. The summed E-state index contributed by atoms with van der Waals surface area (Å²) in [4.78, 5) is 16.9. The lowest BCUT2D eigenvalue weighted by Gasteiger charge is -2.39. The lowest BCUT2D eigenvalue weighted by atomic mass is 10.1. The fourth-order valence-corrected chi connectivity index (χ4v) is 3.32. The topological polar surface area (TPSA) is 43.8 Å². The maximum absolute atomic E-state index is 11.3. The number of Topliss-reactive ketones (excluding diaryl/α,β-unsaturated/α-hetero) is 1. The maximum atomic E-state index is 11.3. The summed E-state index contributed by atoms with van der Waals surface area (Å²) in [7, 11) is 2.12. The van der Waals surface area contributed by atoms with Gasteiger partial charge in [-0.2, -0.15) is 0 Å². The van der Waals surface area contributed by atoms with Crippen molar-refractivity contribution >= 4 is 17.1 Å². The molecule has 1 N–H and O–H groups in total. The molecule has 0 saturated carbocycles. The molecule has 1 aromatic heterocycles. The van der Waals surface area contributed by atoms with Gasteiger partial charge in [0, 0.05) is 38.8 Å². The minimum atomic E-state index is 0.146. The molecule has 0 amide bonds. The molecular weight excluding hydrogens is 260 g/mol. The third kappa shape index (κ3) is 3.86. The van der Waals surface area contributed by atoms with Crippen molar-refractivity contribution in [2.75, 3.05) is 33.3 Å². The number of hydrogen-bond donors (Lipinski definition) is 1. The molecule has 0 spiro atoms. The Morgan fingerprint density at radius 3 is 2.95 bits per heavy atom. The van der Waals surface area contributed by atoms with E-state index in [-0.39, 0.29) is 12.4 Å². The van der Waals surface area contributed by atoms with Gasteiger partial charge in [-0.05, 0) is 37.4 Å². The Morgan fingerprint density at radius 2 is 2.32 bits per heavy atom. The minimum absolute atomic E-state index is 0.146. The zero-order chi connectivity index (χ0) is 13.8. The van der Waals surface area contributed by atoms with Crippen LogP contribution in [0, 0.1) is 0 Å². The SMILES string of the molecule is CC(=O)c1cc(CN2CCN(C)C(CCO)C2)cs1. The number of nitrogens with zero attached hydrogens (tertiary/aromatic N) is 2. The van der Waals surface area contributed by atoms with E-state index >= 15 is 0 Å². The van der Waals surface area contributed by atoms with E-state index in [9.17, 15) is 4.79 Å². The summed E-state index contributed by atoms with van der Waals surface area (Å²) in [6.07, 6.45) is 0.829. The monoisotopic (exact) mass is 282 g/mol. The van der Waals surface area contributed by atoms with Crippen molar-refractivity contribution < 1.29 is 9.90 Å². The Kier molecular flexibility index (Phi) is 5.10. The third-order valence-electron chi connectivity index (χ3n) is 3.73. The highest BCUT2D eigenvalue weighted by Crippen LogP contribution is 2.19. The van der Waals surface area contributed by atoms with E-state index in [2.05, 4.69) is 22.2 Å². The number of rotatable bonds is 5. The molecule has 1 saturated heterocycles. The number of carbonyl (C=O) groups is 1. The number of aliphatic hydroxyl groups excluding tert-OH is 1. The molecule has 0 bridgehead atoms. The lowest BCUT2D eigenvalue weighted by molar-refractivity contribution is 0.0743. The van der Waals surface area contributed by atoms with Crippen LogP contribution in [0.3, 0.4) is 0 Å². The number of carbonyl (C=O) groups excluding carboxylic acids is 1. The first kappa shape index (κ1) is 14.7. The van der Waals surface area contributed by atoms with Crippen molar-refractivity contribution in [3.8, 4) is 0 Å². The standard InChI is InChI=1S/C14H22N2O2S/c1-11(18)14-7-12(10-19-14)8-16-5-4-15(2)13(9-16)3-6-17/h7,10,13,17H,3-6,8-9H2,1-2H3. The maximum Gasteiger partial charge on any atom is 0.169 e. The highest BCUT2D eigenvalue weighted by molar-refractivity contribution is 7.12. The fraction of sp³-hybridized carbons (Fsp3) is 0.643. The molecule has 106 valence electrons. The normalized spacial score (nSPS) is 21.7. The number of aliphatic hydroxyl groups is 1. The average molecular weight is 282 g/mol. The van der Waals surface area contributed by atoms with E-state index in [1.807, 2.05) is 6.07 Å². The number of piperazine rings is 1. The van der Waals surface area contributed by atoms with E-state index in [1.165, 1.54) is 16.9 Å². The van der Waals surface area contributed by atoms with Crippen molar-refractivity contribution in [2.45, 2.75) is 25.9 Å². The molecule has 1 aromatic rings. The van der Waals surface area contributed by atoms with Crippen LogP contribution in [0.1, 0.15) is 28.6 Å². The lowest BCUT2D eigenvalue weighted by Crippen LogP contribution is -2.51. The second kappa shape index (κ2) is 6.61. The van der Waals surface area contributed by atoms with Gasteiger partial charge in [0.25, 0.3) is 0 Å². The smallest absolute Gasteiger partial charge is 0.169 e. The van der Waals surface area contributed by atoms with Crippen LogP contribution >= 0.6 is 11.3 Å². The third-order valence-corrected chi connectivity index (χ3v) is 4.81. The zero-order valence-electron chi connectivity index (χ0n) is 11.6. The largest absolute Gasteiger partial charge is 0.396 e. The van der Waals surface area contributed by atoms with Gasteiger partial charge >= 0.3 is 0 Å². The van der Waals surface area contributed by atoms with E-state index in [4.69, 9.17) is 5.11 Å². The van der Waals surface area contributed by atoms with Crippen LogP contribution in [0.25, 0.3) is 0 Å². The van der Waals surface area contributed by atoms with E-state index in [0.717, 1.165) is 37.5 Å². The van der Waals surface area contributed by atoms with Gasteiger partial charge in [0.15, 0.2) is 5.78 Å². The van der Waals surface area contributed by atoms with Crippen molar-refractivity contribution in [1.82, 2.24) is 9.80 Å². The van der Waals surface area contributed by atoms with Gasteiger partial charge in [0.2, 0.25) is 0 Å². The molecule has 1 aliphatic heterocycles. The first-order valence-corrected chi connectivity index (χ1v) is 7.60. The van der Waals surface area contributed by atoms with Gasteiger partial charge < -0.3 is 10.0 Å². The van der Waals surface area contributed by atoms with Crippen LogP contribution in [-0.2, 0) is 6.54 Å². The predicted molar refractivity (Wildman–Crippen MR) is 77.7 cm³/mol. The molecule has 1 aliphatic rings. The summed E-state index contributed by atoms with van der Waals surface area (Å²) in [5, 5.41) is 11.2. The summed E-state index contributed by atoms with van der Waals surface area (Å²) in [5.74, 6) is 0.146. The van der Waals surface area contributed by atoms with Crippen LogP contribution in [-0.4, -0.2) is 60.0 Å². The first-order chi connectivity index (χ1) is 9.10. The van der Waals surface area contributed by atoms with Crippen LogP contribution < -0.4 is 0 Å². The van der Waals surface area contributed by atoms with Crippen molar-refractivity contribution in [3.05, 3.63) is 21.9 Å². The Balaban J connectivity index is 1.93. The van der Waals surface area contributed by atoms with Gasteiger partial charge in [-0.15, -0.1) is 11.3 Å². The number of hydrogen-bond acceptors (Lipinski definition) is 5. The van der Waals surface area contributed by atoms with Gasteiger partial charge in [0.1, 0.15) is 0 Å². The molecule has 0 aliphatic carbocycles. The minimum Gasteiger partial charge on any atom is -0.396 e. The van der Waals surface area contributed by atoms with Gasteiger partial charge in [-0.1, -0.05) is 0 Å². The summed E-state index contributed by atoms with van der Waals surface area (Å²) < 4.78 is 0. The summed E-state index contributed by atoms with van der Waals surface area (Å²) in [6.45, 7) is 5.83. The Labute approximate surface area is 118 Å². The van der Waals surface area contributed by atoms with Crippen molar-refractivity contribution in [3.63, 3.8) is 0 Å². The average Bonchev–Trinajstić information content (AvgIpc) is 2.82. The Morgan fingerprint density at radius 1 is 1.53 bits per heavy atom. The summed E-state index contributed by atoms with van der Waals surface area (Å²) in [6, 6.07) is 2.44. The van der Waals surface area contributed by atoms with E-state index in [1.54, 1.807) is 6.92 Å². The highest BCUT2D eigenvalue weighted by atomic mass is 32.1. The Hall–Kier alpha value is -0.750. The van der Waals surface area contributed by atoms with Crippen LogP contribution in [0.4, 0.5) is 0 Å². The molecule has 5 heteroatoms. The fourth-order valence-electron chi connectivity index (χ4n) is 2.52. The van der Waals surface area contributed by atoms with Crippen molar-refractivity contribution in [2.24, 2.45) is 0 Å². The van der Waals surface area contributed by atoms with Gasteiger partial charge in [0.05, 0.1) is 4.88 Å². The highest BCUT2D eigenvalue weighted by Gasteiger charge is 2.23. The second-order valence-corrected chi connectivity index (χ2v) is 6.17. The molecule has 1 fully saturated rings. The molecule has 2 rings (SSSR count). The predicted octanol–water partition coefficient (Wildman–Crippen LogP) is 1.45. The van der Waals surface area contributed by atoms with E-state index in [0.29, 0.717) is 6.04 Å². The number of thiophene rings is 1. The molecule has 2 heterocycles. The summed E-state index contributed by atoms with van der Waals surface area (Å²) in [5.41, 5.74) is 1.22. The van der Waals surface area contributed by atoms with Crippen LogP contribution in [0.5, 0.6) is 0 Å². The Bertz CT molecular complexity index is 433. The van der Waals surface area contributed by atoms with Gasteiger partial charge in [-0.3, -0.25) is 9.69 Å².